The normalized spacial score (nSPS) is 9.33. The highest BCUT2D eigenvalue weighted by molar-refractivity contribution is 5.17. The van der Waals surface area contributed by atoms with Crippen LogP contribution < -0.4 is 17.0 Å². The first-order valence-electron chi connectivity index (χ1n) is 4.54. The first-order valence-corrected chi connectivity index (χ1v) is 4.54. The fourth-order valence-corrected chi connectivity index (χ4v) is 1.38. The smallest absolute Gasteiger partial charge is 0.356 e. The maximum Gasteiger partial charge on any atom is 0.356 e. The number of oxazole rings is 1. The Hall–Kier alpha value is -1.54. The first-order chi connectivity index (χ1) is 6.90. The Morgan fingerprint density at radius 3 is 2.67 bits per heavy atom. The Morgan fingerprint density at radius 2 is 2.00 bits per heavy atom. The van der Waals surface area contributed by atoms with E-state index < -0.39 is 0 Å². The van der Waals surface area contributed by atoms with Gasteiger partial charge in [0, 0.05) is 0 Å². The Kier molecular flexibility index (Phi) is 4.13. The number of hydrogen-bond acceptors (Lipinski definition) is 1. The fraction of sp³-hybridized carbons (Fsp3) is 0.0833. The molecule has 2 aromatic rings. The highest BCUT2D eigenvalue weighted by atomic mass is 35.5. The predicted octanol–water partition coefficient (Wildman–Crippen LogP) is -0.738. The van der Waals surface area contributed by atoms with E-state index in [9.17, 15) is 0 Å². The molecule has 78 valence electrons. The van der Waals surface area contributed by atoms with E-state index in [0.717, 1.165) is 12.3 Å². The minimum Gasteiger partial charge on any atom is -1.00 e. The Bertz CT molecular complexity index is 422. The topological polar surface area (TPSA) is 17.0 Å². The molecular weight excluding hydrogens is 210 g/mol. The molecule has 0 aliphatic heterocycles. The van der Waals surface area contributed by atoms with Gasteiger partial charge in [0.05, 0.1) is 6.42 Å². The van der Waals surface area contributed by atoms with Crippen LogP contribution in [0.1, 0.15) is 11.5 Å². The summed E-state index contributed by atoms with van der Waals surface area (Å²) in [5.41, 5.74) is 1.23. The molecule has 1 aromatic heterocycles. The largest absolute Gasteiger partial charge is 1.00 e. The van der Waals surface area contributed by atoms with E-state index in [1.54, 1.807) is 12.5 Å². The number of rotatable bonds is 3. The predicted molar refractivity (Wildman–Crippen MR) is 54.5 cm³/mol. The number of nitrogens with zero attached hydrogens (tertiary/aromatic N) is 1. The van der Waals surface area contributed by atoms with E-state index in [-0.39, 0.29) is 12.4 Å². The van der Waals surface area contributed by atoms with Gasteiger partial charge in [-0.1, -0.05) is 30.3 Å². The molecule has 3 heteroatoms. The molecule has 0 saturated carbocycles. The van der Waals surface area contributed by atoms with E-state index in [1.807, 2.05) is 29.0 Å². The van der Waals surface area contributed by atoms with Crippen molar-refractivity contribution in [1.29, 1.82) is 0 Å². The standard InChI is InChI=1S/C12H12NO.ClH/c1-2-13-8-9-14-12(13)10-11-6-4-3-5-7-11;/h2-9H,1,10H2;1H/q+1;/p-1. The van der Waals surface area contributed by atoms with E-state index in [4.69, 9.17) is 4.42 Å². The second-order valence-corrected chi connectivity index (χ2v) is 3.05. The molecule has 1 heterocycles. The lowest BCUT2D eigenvalue weighted by molar-refractivity contribution is -0.581. The summed E-state index contributed by atoms with van der Waals surface area (Å²) in [6.07, 6.45) is 6.05. The highest BCUT2D eigenvalue weighted by Gasteiger charge is 2.11. The van der Waals surface area contributed by atoms with Gasteiger partial charge in [0.2, 0.25) is 6.20 Å². The van der Waals surface area contributed by atoms with Gasteiger partial charge in [-0.2, -0.15) is 0 Å². The molecule has 0 fully saturated rings. The lowest BCUT2D eigenvalue weighted by Crippen LogP contribution is -3.00. The van der Waals surface area contributed by atoms with Crippen molar-refractivity contribution in [3.8, 4) is 0 Å². The number of aromatic nitrogens is 1. The van der Waals surface area contributed by atoms with Crippen molar-refractivity contribution in [1.82, 2.24) is 0 Å². The zero-order chi connectivity index (χ0) is 9.80. The van der Waals surface area contributed by atoms with E-state index in [2.05, 4.69) is 18.7 Å². The number of halogens is 1. The van der Waals surface area contributed by atoms with E-state index in [0.29, 0.717) is 0 Å². The molecule has 0 radical (unpaired) electrons. The number of hydrogen-bond donors (Lipinski definition) is 0. The van der Waals surface area contributed by atoms with Crippen molar-refractivity contribution < 1.29 is 21.4 Å². The SMILES string of the molecule is C=C[n+]1ccoc1Cc1ccccc1.[Cl-]. The van der Waals surface area contributed by atoms with Crippen LogP contribution in [0.15, 0.2) is 53.8 Å². The Labute approximate surface area is 95.3 Å². The first kappa shape index (κ1) is 11.5. The average Bonchev–Trinajstić information content (AvgIpc) is 2.67. The molecule has 0 unspecified atom stereocenters. The summed E-state index contributed by atoms with van der Waals surface area (Å²) in [4.78, 5) is 0. The van der Waals surface area contributed by atoms with Crippen molar-refractivity contribution in [3.63, 3.8) is 0 Å². The van der Waals surface area contributed by atoms with Gasteiger partial charge < -0.3 is 16.8 Å². The average molecular weight is 222 g/mol. The summed E-state index contributed by atoms with van der Waals surface area (Å²) < 4.78 is 7.23. The summed E-state index contributed by atoms with van der Waals surface area (Å²) >= 11 is 0. The van der Waals surface area contributed by atoms with Crippen LogP contribution >= 0.6 is 0 Å². The molecule has 15 heavy (non-hydrogen) atoms. The lowest BCUT2D eigenvalue weighted by Gasteiger charge is -1.93. The number of benzene rings is 1. The molecule has 0 aliphatic rings. The third kappa shape index (κ3) is 2.70. The van der Waals surface area contributed by atoms with Crippen molar-refractivity contribution in [2.24, 2.45) is 0 Å². The summed E-state index contributed by atoms with van der Waals surface area (Å²) in [5.74, 6) is 0.895. The van der Waals surface area contributed by atoms with Gasteiger partial charge in [0.25, 0.3) is 0 Å². The molecule has 0 amide bonds. The molecule has 2 rings (SSSR count). The van der Waals surface area contributed by atoms with Crippen LogP contribution in [0, 0.1) is 0 Å². The second-order valence-electron chi connectivity index (χ2n) is 3.05. The van der Waals surface area contributed by atoms with Crippen LogP contribution in [0.5, 0.6) is 0 Å². The molecule has 0 bridgehead atoms. The van der Waals surface area contributed by atoms with Gasteiger partial charge in [-0.25, -0.2) is 0 Å². The molecule has 0 N–H and O–H groups in total. The zero-order valence-electron chi connectivity index (χ0n) is 8.27. The zero-order valence-corrected chi connectivity index (χ0v) is 9.02. The van der Waals surface area contributed by atoms with Gasteiger partial charge in [-0.3, -0.25) is 0 Å². The van der Waals surface area contributed by atoms with Gasteiger partial charge in [-0.15, -0.1) is 4.57 Å². The van der Waals surface area contributed by atoms with Crippen LogP contribution in [0.2, 0.25) is 0 Å². The van der Waals surface area contributed by atoms with E-state index >= 15 is 0 Å². The van der Waals surface area contributed by atoms with Gasteiger partial charge >= 0.3 is 5.89 Å². The maximum atomic E-state index is 5.35. The molecule has 0 aliphatic carbocycles. The summed E-state index contributed by atoms with van der Waals surface area (Å²) in [5, 5.41) is 0. The van der Waals surface area contributed by atoms with Crippen LogP contribution in [-0.4, -0.2) is 0 Å². The van der Waals surface area contributed by atoms with E-state index in [1.165, 1.54) is 5.56 Å². The summed E-state index contributed by atoms with van der Waals surface area (Å²) in [6, 6.07) is 10.2. The molecule has 0 saturated heterocycles. The summed E-state index contributed by atoms with van der Waals surface area (Å²) in [6.45, 7) is 3.71. The van der Waals surface area contributed by atoms with Crippen molar-refractivity contribution >= 4 is 6.20 Å². The van der Waals surface area contributed by atoms with Crippen LogP contribution in [0.3, 0.4) is 0 Å². The van der Waals surface area contributed by atoms with Crippen molar-refractivity contribution in [2.45, 2.75) is 6.42 Å². The van der Waals surface area contributed by atoms with Gasteiger partial charge in [0.1, 0.15) is 0 Å². The maximum absolute atomic E-state index is 5.35. The minimum atomic E-state index is 0. The molecule has 1 aromatic carbocycles. The van der Waals surface area contributed by atoms with Gasteiger partial charge in [-0.05, 0) is 12.1 Å². The highest BCUT2D eigenvalue weighted by Crippen LogP contribution is 2.05. The van der Waals surface area contributed by atoms with Crippen LogP contribution in [0.25, 0.3) is 6.20 Å². The van der Waals surface area contributed by atoms with Crippen molar-refractivity contribution in [2.75, 3.05) is 0 Å². The quantitative estimate of drug-likeness (QED) is 0.625. The molecule has 2 nitrogen and oxygen atoms in total. The monoisotopic (exact) mass is 221 g/mol. The van der Waals surface area contributed by atoms with Crippen molar-refractivity contribution in [3.05, 3.63) is 60.8 Å². The third-order valence-electron chi connectivity index (χ3n) is 2.11. The molecule has 0 atom stereocenters. The molecule has 0 spiro atoms. The molecular formula is C12H12ClNO. The Balaban J connectivity index is 0.00000112. The second kappa shape index (κ2) is 5.37. The minimum absolute atomic E-state index is 0. The third-order valence-corrected chi connectivity index (χ3v) is 2.11. The van der Waals surface area contributed by atoms with Crippen LogP contribution in [-0.2, 0) is 6.42 Å². The Morgan fingerprint density at radius 1 is 1.27 bits per heavy atom. The van der Waals surface area contributed by atoms with Crippen LogP contribution in [0.4, 0.5) is 0 Å². The van der Waals surface area contributed by atoms with Gasteiger partial charge in [0.15, 0.2) is 12.5 Å². The lowest BCUT2D eigenvalue weighted by atomic mass is 10.1. The summed E-state index contributed by atoms with van der Waals surface area (Å²) in [7, 11) is 0. The fourth-order valence-electron chi connectivity index (χ4n) is 1.38.